The first-order valence-electron chi connectivity index (χ1n) is 5.12. The largest absolute Gasteiger partial charge is 0.323 e. The van der Waals surface area contributed by atoms with E-state index in [9.17, 15) is 4.79 Å². The molecule has 0 aromatic carbocycles. The highest BCUT2D eigenvalue weighted by molar-refractivity contribution is 5.92. The maximum absolute atomic E-state index is 11.7. The summed E-state index contributed by atoms with van der Waals surface area (Å²) in [6.45, 7) is 0. The Kier molecular flexibility index (Phi) is 1.63. The van der Waals surface area contributed by atoms with E-state index in [4.69, 9.17) is 0 Å². The molecule has 0 bridgehead atoms. The molecule has 2 saturated carbocycles. The van der Waals surface area contributed by atoms with Crippen molar-refractivity contribution in [1.82, 2.24) is 10.2 Å². The Hall–Kier alpha value is -1.32. The number of H-pyrrole nitrogens is 1. The molecule has 1 amide bonds. The first-order chi connectivity index (χ1) is 6.83. The first-order valence-corrected chi connectivity index (χ1v) is 5.12. The zero-order valence-corrected chi connectivity index (χ0v) is 7.86. The number of nitrogens with zero attached hydrogens (tertiary/aromatic N) is 1. The van der Waals surface area contributed by atoms with E-state index in [0.29, 0.717) is 0 Å². The molecule has 4 heteroatoms. The van der Waals surface area contributed by atoms with Gasteiger partial charge >= 0.3 is 0 Å². The number of amides is 1. The fourth-order valence-electron chi connectivity index (χ4n) is 2.49. The average Bonchev–Trinajstić information content (AvgIpc) is 2.68. The summed E-state index contributed by atoms with van der Waals surface area (Å²) in [7, 11) is 0. The van der Waals surface area contributed by atoms with Crippen LogP contribution in [0, 0.1) is 17.8 Å². The van der Waals surface area contributed by atoms with E-state index in [-0.39, 0.29) is 11.8 Å². The molecule has 0 aliphatic heterocycles. The molecule has 4 nitrogen and oxygen atoms in total. The van der Waals surface area contributed by atoms with Gasteiger partial charge in [0.1, 0.15) is 0 Å². The van der Waals surface area contributed by atoms with Crippen molar-refractivity contribution in [3.8, 4) is 0 Å². The molecule has 1 heterocycles. The number of hydrogen-bond donors (Lipinski definition) is 2. The molecule has 0 saturated heterocycles. The van der Waals surface area contributed by atoms with Gasteiger partial charge in [-0.2, -0.15) is 5.10 Å². The van der Waals surface area contributed by atoms with E-state index in [0.717, 1.165) is 30.4 Å². The summed E-state index contributed by atoms with van der Waals surface area (Å²) in [5.41, 5.74) is 0.774. The fourth-order valence-corrected chi connectivity index (χ4v) is 2.49. The molecule has 1 aromatic rings. The van der Waals surface area contributed by atoms with Crippen LogP contribution in [0.4, 0.5) is 5.69 Å². The third kappa shape index (κ3) is 1.31. The smallest absolute Gasteiger partial charge is 0.227 e. The van der Waals surface area contributed by atoms with Crippen LogP contribution in [-0.4, -0.2) is 16.1 Å². The van der Waals surface area contributed by atoms with Gasteiger partial charge in [0, 0.05) is 12.1 Å². The Morgan fingerprint density at radius 2 is 2.21 bits per heavy atom. The van der Waals surface area contributed by atoms with Crippen LogP contribution in [0.1, 0.15) is 19.3 Å². The predicted octanol–water partition coefficient (Wildman–Crippen LogP) is 1.39. The number of anilines is 1. The number of hydrogen-bond acceptors (Lipinski definition) is 2. The van der Waals surface area contributed by atoms with Gasteiger partial charge in [-0.3, -0.25) is 9.89 Å². The Balaban J connectivity index is 1.60. The second-order valence-corrected chi connectivity index (χ2v) is 4.40. The zero-order chi connectivity index (χ0) is 9.54. The van der Waals surface area contributed by atoms with Crippen LogP contribution in [0.25, 0.3) is 0 Å². The monoisotopic (exact) mass is 191 g/mol. The van der Waals surface area contributed by atoms with Crippen molar-refractivity contribution in [2.24, 2.45) is 17.8 Å². The van der Waals surface area contributed by atoms with Crippen molar-refractivity contribution in [2.75, 3.05) is 5.32 Å². The topological polar surface area (TPSA) is 57.8 Å². The molecule has 3 rings (SSSR count). The number of fused-ring (bicyclic) bond motifs is 1. The molecule has 14 heavy (non-hydrogen) atoms. The normalized spacial score (nSPS) is 33.9. The van der Waals surface area contributed by atoms with Crippen molar-refractivity contribution in [3.63, 3.8) is 0 Å². The lowest BCUT2D eigenvalue weighted by Crippen LogP contribution is -2.21. The van der Waals surface area contributed by atoms with Gasteiger partial charge in [-0.05, 0) is 31.1 Å². The Labute approximate surface area is 82.1 Å². The van der Waals surface area contributed by atoms with Crippen LogP contribution in [0.15, 0.2) is 12.4 Å². The minimum atomic E-state index is 0.165. The van der Waals surface area contributed by atoms with Crippen molar-refractivity contribution in [1.29, 1.82) is 0 Å². The van der Waals surface area contributed by atoms with Gasteiger partial charge in [-0.25, -0.2) is 0 Å². The first kappa shape index (κ1) is 8.03. The van der Waals surface area contributed by atoms with Crippen molar-refractivity contribution in [3.05, 3.63) is 12.4 Å². The molecule has 74 valence electrons. The van der Waals surface area contributed by atoms with E-state index in [2.05, 4.69) is 15.5 Å². The van der Waals surface area contributed by atoms with Crippen molar-refractivity contribution < 1.29 is 4.79 Å². The third-order valence-corrected chi connectivity index (χ3v) is 3.38. The number of rotatable bonds is 2. The molecule has 2 atom stereocenters. The van der Waals surface area contributed by atoms with Crippen molar-refractivity contribution >= 4 is 11.6 Å². The van der Waals surface area contributed by atoms with E-state index in [1.165, 1.54) is 6.42 Å². The average molecular weight is 191 g/mol. The molecular weight excluding hydrogens is 178 g/mol. The summed E-state index contributed by atoms with van der Waals surface area (Å²) in [5, 5.41) is 9.34. The maximum Gasteiger partial charge on any atom is 0.227 e. The number of carbonyl (C=O) groups is 1. The maximum atomic E-state index is 11.7. The quantitative estimate of drug-likeness (QED) is 0.742. The van der Waals surface area contributed by atoms with Gasteiger partial charge in [-0.1, -0.05) is 0 Å². The molecule has 2 aliphatic rings. The SMILES string of the molecule is O=C(Nc1cn[nH]c1)C1CC2CC2C1. The summed E-state index contributed by atoms with van der Waals surface area (Å²) < 4.78 is 0. The van der Waals surface area contributed by atoms with Crippen LogP contribution in [0.2, 0.25) is 0 Å². The second-order valence-electron chi connectivity index (χ2n) is 4.40. The molecule has 1 aromatic heterocycles. The summed E-state index contributed by atoms with van der Waals surface area (Å²) in [6.07, 6.45) is 6.87. The van der Waals surface area contributed by atoms with Gasteiger partial charge in [0.05, 0.1) is 11.9 Å². The Bertz CT molecular complexity index is 336. The van der Waals surface area contributed by atoms with E-state index < -0.39 is 0 Å². The lowest BCUT2D eigenvalue weighted by Gasteiger charge is -2.10. The van der Waals surface area contributed by atoms with Crippen LogP contribution in [-0.2, 0) is 4.79 Å². The molecule has 2 fully saturated rings. The molecule has 2 unspecified atom stereocenters. The van der Waals surface area contributed by atoms with Crippen molar-refractivity contribution in [2.45, 2.75) is 19.3 Å². The van der Waals surface area contributed by atoms with Crippen LogP contribution in [0.3, 0.4) is 0 Å². The molecule has 2 N–H and O–H groups in total. The minimum absolute atomic E-state index is 0.165. The summed E-state index contributed by atoms with van der Waals surface area (Å²) in [6, 6.07) is 0. The predicted molar refractivity (Wildman–Crippen MR) is 51.5 cm³/mol. The van der Waals surface area contributed by atoms with Gasteiger partial charge in [0.25, 0.3) is 0 Å². The van der Waals surface area contributed by atoms with Gasteiger partial charge in [0.2, 0.25) is 5.91 Å². The van der Waals surface area contributed by atoms with Crippen LogP contribution >= 0.6 is 0 Å². The van der Waals surface area contributed by atoms with Gasteiger partial charge < -0.3 is 5.32 Å². The highest BCUT2D eigenvalue weighted by Crippen LogP contribution is 2.54. The Morgan fingerprint density at radius 1 is 1.43 bits per heavy atom. The number of aromatic nitrogens is 2. The fraction of sp³-hybridized carbons (Fsp3) is 0.600. The molecule has 0 radical (unpaired) electrons. The lowest BCUT2D eigenvalue weighted by atomic mass is 10.0. The lowest BCUT2D eigenvalue weighted by molar-refractivity contribution is -0.120. The number of aromatic amines is 1. The summed E-state index contributed by atoms with van der Waals surface area (Å²) >= 11 is 0. The van der Waals surface area contributed by atoms with Gasteiger partial charge in [0.15, 0.2) is 0 Å². The number of carbonyl (C=O) groups excluding carboxylic acids is 1. The summed E-state index contributed by atoms with van der Waals surface area (Å²) in [4.78, 5) is 11.7. The Morgan fingerprint density at radius 3 is 2.86 bits per heavy atom. The summed E-state index contributed by atoms with van der Waals surface area (Å²) in [5.74, 6) is 2.12. The molecule has 2 aliphatic carbocycles. The van der Waals surface area contributed by atoms with Crippen LogP contribution in [0.5, 0.6) is 0 Å². The van der Waals surface area contributed by atoms with E-state index in [1.807, 2.05) is 0 Å². The molecular formula is C10H13N3O. The minimum Gasteiger partial charge on any atom is -0.323 e. The number of nitrogens with one attached hydrogen (secondary N) is 2. The van der Waals surface area contributed by atoms with E-state index in [1.54, 1.807) is 12.4 Å². The molecule has 0 spiro atoms. The van der Waals surface area contributed by atoms with Gasteiger partial charge in [-0.15, -0.1) is 0 Å². The third-order valence-electron chi connectivity index (χ3n) is 3.38. The van der Waals surface area contributed by atoms with Crippen LogP contribution < -0.4 is 5.32 Å². The van der Waals surface area contributed by atoms with E-state index >= 15 is 0 Å². The standard InChI is InChI=1S/C10H13N3O/c14-10(13-9-4-11-12-5-9)8-2-6-1-7(6)3-8/h4-8H,1-3H2,(H,11,12)(H,13,14). The highest BCUT2D eigenvalue weighted by Gasteiger charge is 2.47. The second kappa shape index (κ2) is 2.83. The zero-order valence-electron chi connectivity index (χ0n) is 7.86. The highest BCUT2D eigenvalue weighted by atomic mass is 16.1.